The predicted octanol–water partition coefficient (Wildman–Crippen LogP) is 2.58. The molecule has 5 heteroatoms. The van der Waals surface area contributed by atoms with Crippen molar-refractivity contribution in [1.82, 2.24) is 4.90 Å². The third-order valence-corrected chi connectivity index (χ3v) is 3.96. The highest BCUT2D eigenvalue weighted by Gasteiger charge is 2.32. The zero-order valence-electron chi connectivity index (χ0n) is 12.7. The van der Waals surface area contributed by atoms with Crippen molar-refractivity contribution < 1.29 is 19.4 Å². The number of nitrogens with zero attached hydrogens (tertiary/aromatic N) is 1. The van der Waals surface area contributed by atoms with Crippen LogP contribution in [0.25, 0.3) is 0 Å². The minimum absolute atomic E-state index is 0.0554. The Balaban J connectivity index is 2.08. The summed E-state index contributed by atoms with van der Waals surface area (Å²) in [5.74, 6) is -0.770. The van der Waals surface area contributed by atoms with Crippen molar-refractivity contribution >= 4 is 11.9 Å². The first-order valence-electron chi connectivity index (χ1n) is 7.40. The van der Waals surface area contributed by atoms with Gasteiger partial charge in [0.15, 0.2) is 0 Å². The summed E-state index contributed by atoms with van der Waals surface area (Å²) in [5.41, 5.74) is 0.545. The van der Waals surface area contributed by atoms with Crippen LogP contribution in [0.3, 0.4) is 0 Å². The Morgan fingerprint density at radius 3 is 2.64 bits per heavy atom. The summed E-state index contributed by atoms with van der Waals surface area (Å²) in [6.07, 6.45) is 2.98. The number of carbonyl (C=O) groups is 2. The average Bonchev–Trinajstić information content (AvgIpc) is 2.53. The molecule has 2 unspecified atom stereocenters. The summed E-state index contributed by atoms with van der Waals surface area (Å²) < 4.78 is 5.38. The van der Waals surface area contributed by atoms with E-state index in [4.69, 9.17) is 9.84 Å². The monoisotopic (exact) mass is 303 g/mol. The second-order valence-electron chi connectivity index (χ2n) is 5.54. The van der Waals surface area contributed by atoms with E-state index in [0.717, 1.165) is 0 Å². The number of amides is 1. The van der Waals surface area contributed by atoms with Gasteiger partial charge in [-0.1, -0.05) is 12.7 Å². The Morgan fingerprint density at radius 2 is 2.05 bits per heavy atom. The molecular weight excluding hydrogens is 282 g/mol. The van der Waals surface area contributed by atoms with Gasteiger partial charge in [-0.25, -0.2) is 0 Å². The molecular formula is C17H21NO4. The van der Waals surface area contributed by atoms with Crippen LogP contribution in [-0.4, -0.2) is 41.1 Å². The molecule has 2 rings (SSSR count). The van der Waals surface area contributed by atoms with Crippen LogP contribution in [0, 0.1) is 5.92 Å². The Morgan fingerprint density at radius 1 is 1.36 bits per heavy atom. The van der Waals surface area contributed by atoms with E-state index in [1.807, 2.05) is 6.92 Å². The number of carbonyl (C=O) groups excluding carboxylic acids is 1. The van der Waals surface area contributed by atoms with Crippen LogP contribution in [0.15, 0.2) is 36.9 Å². The molecule has 0 radical (unpaired) electrons. The van der Waals surface area contributed by atoms with E-state index in [9.17, 15) is 9.59 Å². The van der Waals surface area contributed by atoms with E-state index < -0.39 is 11.9 Å². The lowest BCUT2D eigenvalue weighted by molar-refractivity contribution is -0.143. The van der Waals surface area contributed by atoms with Crippen LogP contribution in [0.5, 0.6) is 5.75 Å². The summed E-state index contributed by atoms with van der Waals surface area (Å²) in [4.78, 5) is 25.4. The number of rotatable bonds is 5. The van der Waals surface area contributed by atoms with E-state index in [1.54, 1.807) is 35.2 Å². The third kappa shape index (κ3) is 3.67. The molecule has 0 spiro atoms. The first-order chi connectivity index (χ1) is 10.5. The molecule has 0 aromatic heterocycles. The number of hydrogen-bond acceptors (Lipinski definition) is 3. The van der Waals surface area contributed by atoms with Crippen LogP contribution >= 0.6 is 0 Å². The van der Waals surface area contributed by atoms with Crippen LogP contribution < -0.4 is 4.74 Å². The van der Waals surface area contributed by atoms with Crippen molar-refractivity contribution in [1.29, 1.82) is 0 Å². The van der Waals surface area contributed by atoms with Crippen molar-refractivity contribution in [3.05, 3.63) is 42.5 Å². The maximum absolute atomic E-state index is 12.6. The molecule has 1 fully saturated rings. The van der Waals surface area contributed by atoms with Gasteiger partial charge in [-0.2, -0.15) is 0 Å². The van der Waals surface area contributed by atoms with Gasteiger partial charge in [0.2, 0.25) is 0 Å². The van der Waals surface area contributed by atoms with Gasteiger partial charge in [-0.05, 0) is 44.0 Å². The van der Waals surface area contributed by atoms with Crippen molar-refractivity contribution in [2.45, 2.75) is 25.8 Å². The Labute approximate surface area is 130 Å². The zero-order chi connectivity index (χ0) is 16.1. The van der Waals surface area contributed by atoms with E-state index >= 15 is 0 Å². The number of aliphatic carboxylic acids is 1. The molecule has 1 saturated heterocycles. The van der Waals surface area contributed by atoms with Gasteiger partial charge in [0.05, 0.1) is 5.92 Å². The molecule has 118 valence electrons. The fourth-order valence-electron chi connectivity index (χ4n) is 2.61. The summed E-state index contributed by atoms with van der Waals surface area (Å²) >= 11 is 0. The number of hydrogen-bond donors (Lipinski definition) is 1. The van der Waals surface area contributed by atoms with E-state index in [0.29, 0.717) is 30.8 Å². The highest BCUT2D eigenvalue weighted by molar-refractivity contribution is 5.95. The molecule has 1 aliphatic rings. The highest BCUT2D eigenvalue weighted by atomic mass is 16.5. The molecule has 1 aromatic rings. The summed E-state index contributed by atoms with van der Waals surface area (Å²) in [6.45, 7) is 6.22. The molecule has 2 atom stereocenters. The number of carboxylic acid groups (broad SMARTS) is 1. The molecule has 1 amide bonds. The van der Waals surface area contributed by atoms with Gasteiger partial charge in [-0.15, -0.1) is 0 Å². The minimum Gasteiger partial charge on any atom is -0.490 e. The fourth-order valence-corrected chi connectivity index (χ4v) is 2.61. The first-order valence-corrected chi connectivity index (χ1v) is 7.40. The minimum atomic E-state index is -0.835. The number of ether oxygens (including phenoxy) is 1. The number of likely N-dealkylation sites (tertiary alicyclic amines) is 1. The number of carboxylic acids is 1. The Kier molecular flexibility index (Phi) is 5.20. The lowest BCUT2D eigenvalue weighted by atomic mass is 9.93. The van der Waals surface area contributed by atoms with Crippen molar-refractivity contribution in [3.8, 4) is 5.75 Å². The van der Waals surface area contributed by atoms with Gasteiger partial charge < -0.3 is 14.7 Å². The lowest BCUT2D eigenvalue weighted by Gasteiger charge is -2.36. The predicted molar refractivity (Wildman–Crippen MR) is 83.0 cm³/mol. The molecule has 0 aliphatic carbocycles. The van der Waals surface area contributed by atoms with Gasteiger partial charge in [-0.3, -0.25) is 9.59 Å². The summed E-state index contributed by atoms with van der Waals surface area (Å²) in [6, 6.07) is 6.94. The highest BCUT2D eigenvalue weighted by Crippen LogP contribution is 2.24. The molecule has 1 N–H and O–H groups in total. The van der Waals surface area contributed by atoms with E-state index in [2.05, 4.69) is 6.58 Å². The molecule has 1 heterocycles. The second-order valence-corrected chi connectivity index (χ2v) is 5.54. The van der Waals surface area contributed by atoms with E-state index in [1.165, 1.54) is 0 Å². The van der Waals surface area contributed by atoms with Crippen molar-refractivity contribution in [2.24, 2.45) is 5.92 Å². The zero-order valence-corrected chi connectivity index (χ0v) is 12.7. The Hall–Kier alpha value is -2.30. The summed E-state index contributed by atoms with van der Waals surface area (Å²) in [5, 5.41) is 9.15. The lowest BCUT2D eigenvalue weighted by Crippen LogP contribution is -2.47. The van der Waals surface area contributed by atoms with Gasteiger partial charge in [0.25, 0.3) is 5.91 Å². The average molecular weight is 303 g/mol. The van der Waals surface area contributed by atoms with Crippen LogP contribution in [0.1, 0.15) is 30.1 Å². The fraction of sp³-hybridized carbons (Fsp3) is 0.412. The molecule has 5 nitrogen and oxygen atoms in total. The van der Waals surface area contributed by atoms with Crippen LogP contribution in [0.2, 0.25) is 0 Å². The first kappa shape index (κ1) is 16.1. The van der Waals surface area contributed by atoms with Crippen molar-refractivity contribution in [2.75, 3.05) is 13.2 Å². The Bertz CT molecular complexity index is 552. The largest absolute Gasteiger partial charge is 0.490 e. The molecule has 1 aliphatic heterocycles. The normalized spacial score (nSPS) is 21.2. The third-order valence-electron chi connectivity index (χ3n) is 3.96. The number of piperidine rings is 1. The van der Waals surface area contributed by atoms with Crippen LogP contribution in [-0.2, 0) is 4.79 Å². The smallest absolute Gasteiger partial charge is 0.308 e. The number of benzene rings is 1. The van der Waals surface area contributed by atoms with Gasteiger partial charge in [0.1, 0.15) is 12.4 Å². The topological polar surface area (TPSA) is 66.8 Å². The maximum atomic E-state index is 12.6. The maximum Gasteiger partial charge on any atom is 0.308 e. The second kappa shape index (κ2) is 7.11. The van der Waals surface area contributed by atoms with Crippen molar-refractivity contribution in [3.63, 3.8) is 0 Å². The quantitative estimate of drug-likeness (QED) is 0.849. The molecule has 1 aromatic carbocycles. The standard InChI is InChI=1S/C17H21NO4/c1-3-10-22-15-8-6-13(7-9-15)16(19)18-11-14(17(20)21)5-4-12(18)2/h3,6-9,12,14H,1,4-5,10-11H2,2H3,(H,20,21). The van der Waals surface area contributed by atoms with Gasteiger partial charge in [0, 0.05) is 18.2 Å². The van der Waals surface area contributed by atoms with Crippen LogP contribution in [0.4, 0.5) is 0 Å². The summed E-state index contributed by atoms with van der Waals surface area (Å²) in [7, 11) is 0. The van der Waals surface area contributed by atoms with E-state index in [-0.39, 0.29) is 18.5 Å². The molecule has 0 bridgehead atoms. The SMILES string of the molecule is C=CCOc1ccc(C(=O)N2CC(C(=O)O)CCC2C)cc1. The van der Waals surface area contributed by atoms with Gasteiger partial charge >= 0.3 is 5.97 Å². The molecule has 0 saturated carbocycles. The molecule has 22 heavy (non-hydrogen) atoms.